The van der Waals surface area contributed by atoms with Gasteiger partial charge in [0.25, 0.3) is 11.4 Å². The number of benzene rings is 2. The number of non-ortho nitro benzene ring substituents is 1. The molecule has 0 aliphatic rings. The van der Waals surface area contributed by atoms with Gasteiger partial charge in [-0.15, -0.1) is 0 Å². The van der Waals surface area contributed by atoms with Crippen LogP contribution >= 0.6 is 0 Å². The van der Waals surface area contributed by atoms with Gasteiger partial charge < -0.3 is 5.32 Å². The highest BCUT2D eigenvalue weighted by Gasteiger charge is 2.22. The van der Waals surface area contributed by atoms with Crippen molar-refractivity contribution in [2.24, 2.45) is 0 Å². The second-order valence-corrected chi connectivity index (χ2v) is 3.88. The van der Waals surface area contributed by atoms with E-state index >= 15 is 0 Å². The second-order valence-electron chi connectivity index (χ2n) is 3.88. The third-order valence-corrected chi connectivity index (χ3v) is 2.76. The smallest absolute Gasteiger partial charge is 0.300 e. The van der Waals surface area contributed by atoms with Crippen LogP contribution in [0.1, 0.15) is 6.92 Å². The molecule has 0 bridgehead atoms. The minimum absolute atomic E-state index is 0.136. The number of nitro benzene ring substituents is 2. The van der Waals surface area contributed by atoms with Crippen LogP contribution in [0.15, 0.2) is 30.3 Å². The van der Waals surface area contributed by atoms with Crippen LogP contribution in [-0.2, 0) is 0 Å². The van der Waals surface area contributed by atoms with Crippen LogP contribution in [-0.4, -0.2) is 16.4 Å². The molecule has 98 valence electrons. The molecule has 0 radical (unpaired) electrons. The molecule has 0 saturated carbocycles. The second kappa shape index (κ2) is 4.89. The lowest BCUT2D eigenvalue weighted by molar-refractivity contribution is -0.384. The SMILES string of the molecule is CCNc1ccc2c([N+](=O)[O-])cccc2c1[N+](=O)[O-]. The van der Waals surface area contributed by atoms with Crippen molar-refractivity contribution in [3.05, 3.63) is 50.6 Å². The molecule has 1 N–H and O–H groups in total. The van der Waals surface area contributed by atoms with Crippen molar-refractivity contribution in [2.75, 3.05) is 11.9 Å². The molecule has 2 aromatic carbocycles. The third kappa shape index (κ3) is 2.17. The first-order valence-corrected chi connectivity index (χ1v) is 5.64. The maximum Gasteiger partial charge on any atom is 0.300 e. The monoisotopic (exact) mass is 261 g/mol. The number of nitrogens with one attached hydrogen (secondary N) is 1. The van der Waals surface area contributed by atoms with E-state index in [1.54, 1.807) is 0 Å². The maximum atomic E-state index is 11.2. The van der Waals surface area contributed by atoms with E-state index in [9.17, 15) is 20.2 Å². The quantitative estimate of drug-likeness (QED) is 0.673. The fraction of sp³-hybridized carbons (Fsp3) is 0.167. The van der Waals surface area contributed by atoms with Gasteiger partial charge in [0.1, 0.15) is 5.69 Å². The van der Waals surface area contributed by atoms with E-state index in [0.29, 0.717) is 12.2 Å². The standard InChI is InChI=1S/C12H11N3O4/c1-2-13-10-7-6-8-9(12(10)15(18)19)4-3-5-11(8)14(16)17/h3-7,13H,2H2,1H3. The van der Waals surface area contributed by atoms with Crippen LogP contribution in [0.5, 0.6) is 0 Å². The number of nitrogens with zero attached hydrogens (tertiary/aromatic N) is 2. The maximum absolute atomic E-state index is 11.2. The number of fused-ring (bicyclic) bond motifs is 1. The average molecular weight is 261 g/mol. The van der Waals surface area contributed by atoms with Crippen molar-refractivity contribution in [1.29, 1.82) is 0 Å². The molecular weight excluding hydrogens is 250 g/mol. The summed E-state index contributed by atoms with van der Waals surface area (Å²) < 4.78 is 0. The number of anilines is 1. The molecule has 2 rings (SSSR count). The zero-order valence-corrected chi connectivity index (χ0v) is 10.1. The van der Waals surface area contributed by atoms with Crippen LogP contribution in [0.4, 0.5) is 17.1 Å². The van der Waals surface area contributed by atoms with E-state index in [1.165, 1.54) is 30.3 Å². The molecular formula is C12H11N3O4. The summed E-state index contributed by atoms with van der Waals surface area (Å²) in [7, 11) is 0. The van der Waals surface area contributed by atoms with Gasteiger partial charge in [-0.3, -0.25) is 20.2 Å². The zero-order valence-electron chi connectivity index (χ0n) is 10.1. The number of hydrogen-bond donors (Lipinski definition) is 1. The Labute approximate surface area is 108 Å². The van der Waals surface area contributed by atoms with Crippen LogP contribution in [0.3, 0.4) is 0 Å². The average Bonchev–Trinajstić information content (AvgIpc) is 2.37. The van der Waals surface area contributed by atoms with Gasteiger partial charge in [-0.2, -0.15) is 0 Å². The summed E-state index contributed by atoms with van der Waals surface area (Å²) in [4.78, 5) is 21.0. The molecule has 0 saturated heterocycles. The topological polar surface area (TPSA) is 98.3 Å². The lowest BCUT2D eigenvalue weighted by Crippen LogP contribution is -2.02. The minimum atomic E-state index is -0.543. The highest BCUT2D eigenvalue weighted by molar-refractivity contribution is 6.01. The predicted octanol–water partition coefficient (Wildman–Crippen LogP) is 3.09. The van der Waals surface area contributed by atoms with E-state index in [-0.39, 0.29) is 22.1 Å². The Kier molecular flexibility index (Phi) is 3.28. The Bertz CT molecular complexity index is 669. The molecule has 2 aromatic rings. The van der Waals surface area contributed by atoms with Crippen molar-refractivity contribution in [2.45, 2.75) is 6.92 Å². The molecule has 19 heavy (non-hydrogen) atoms. The summed E-state index contributed by atoms with van der Waals surface area (Å²) in [5, 5.41) is 25.5. The van der Waals surface area contributed by atoms with Crippen molar-refractivity contribution in [3.8, 4) is 0 Å². The lowest BCUT2D eigenvalue weighted by atomic mass is 10.1. The van der Waals surface area contributed by atoms with E-state index in [2.05, 4.69) is 5.32 Å². The van der Waals surface area contributed by atoms with Gasteiger partial charge in [0.2, 0.25) is 0 Å². The fourth-order valence-electron chi connectivity index (χ4n) is 2.01. The molecule has 0 unspecified atom stereocenters. The molecule has 7 nitrogen and oxygen atoms in total. The molecule has 0 aromatic heterocycles. The molecule has 0 amide bonds. The van der Waals surface area contributed by atoms with Gasteiger partial charge in [-0.25, -0.2) is 0 Å². The molecule has 0 atom stereocenters. The van der Waals surface area contributed by atoms with Crippen molar-refractivity contribution >= 4 is 27.8 Å². The van der Waals surface area contributed by atoms with Crippen molar-refractivity contribution < 1.29 is 9.85 Å². The number of rotatable bonds is 4. The Hall–Kier alpha value is -2.70. The van der Waals surface area contributed by atoms with E-state index in [4.69, 9.17) is 0 Å². The van der Waals surface area contributed by atoms with Crippen LogP contribution in [0.2, 0.25) is 0 Å². The van der Waals surface area contributed by atoms with Crippen LogP contribution in [0.25, 0.3) is 10.8 Å². The highest BCUT2D eigenvalue weighted by Crippen LogP contribution is 2.37. The van der Waals surface area contributed by atoms with E-state index in [0.717, 1.165) is 0 Å². The number of nitro groups is 2. The summed E-state index contributed by atoms with van der Waals surface area (Å²) in [6.07, 6.45) is 0. The van der Waals surface area contributed by atoms with Gasteiger partial charge in [0, 0.05) is 12.6 Å². The van der Waals surface area contributed by atoms with Crippen molar-refractivity contribution in [3.63, 3.8) is 0 Å². The van der Waals surface area contributed by atoms with Crippen LogP contribution in [0, 0.1) is 20.2 Å². The van der Waals surface area contributed by atoms with Gasteiger partial charge in [-0.05, 0) is 25.1 Å². The molecule has 0 aliphatic heterocycles. The molecule has 0 spiro atoms. The molecule has 0 aliphatic carbocycles. The van der Waals surface area contributed by atoms with E-state index < -0.39 is 9.85 Å². The Morgan fingerprint density at radius 2 is 1.79 bits per heavy atom. The number of hydrogen-bond acceptors (Lipinski definition) is 5. The summed E-state index contributed by atoms with van der Waals surface area (Å²) >= 11 is 0. The summed E-state index contributed by atoms with van der Waals surface area (Å²) in [6, 6.07) is 7.32. The Balaban J connectivity index is 2.83. The first-order valence-electron chi connectivity index (χ1n) is 5.64. The molecule has 0 heterocycles. The summed E-state index contributed by atoms with van der Waals surface area (Å²) in [5.74, 6) is 0. The summed E-state index contributed by atoms with van der Waals surface area (Å²) in [6.45, 7) is 2.35. The molecule has 7 heteroatoms. The first kappa shape index (κ1) is 12.7. The Morgan fingerprint density at radius 3 is 2.37 bits per heavy atom. The first-order chi connectivity index (χ1) is 9.06. The highest BCUT2D eigenvalue weighted by atomic mass is 16.6. The zero-order chi connectivity index (χ0) is 14.0. The largest absolute Gasteiger partial charge is 0.380 e. The normalized spacial score (nSPS) is 10.4. The minimum Gasteiger partial charge on any atom is -0.380 e. The van der Waals surface area contributed by atoms with Gasteiger partial charge >= 0.3 is 0 Å². The lowest BCUT2D eigenvalue weighted by Gasteiger charge is -2.07. The predicted molar refractivity (Wildman–Crippen MR) is 71.4 cm³/mol. The summed E-state index contributed by atoms with van der Waals surface area (Å²) in [5.41, 5.74) is 0.0900. The van der Waals surface area contributed by atoms with Gasteiger partial charge in [-0.1, -0.05) is 6.07 Å². The van der Waals surface area contributed by atoms with Crippen molar-refractivity contribution in [1.82, 2.24) is 0 Å². The van der Waals surface area contributed by atoms with E-state index in [1.807, 2.05) is 6.92 Å². The molecule has 0 fully saturated rings. The third-order valence-electron chi connectivity index (χ3n) is 2.76. The van der Waals surface area contributed by atoms with Crippen LogP contribution < -0.4 is 5.32 Å². The van der Waals surface area contributed by atoms with Gasteiger partial charge in [0.15, 0.2) is 0 Å². The Morgan fingerprint density at radius 1 is 1.05 bits per heavy atom. The fourth-order valence-corrected chi connectivity index (χ4v) is 2.01. The van der Waals surface area contributed by atoms with Gasteiger partial charge in [0.05, 0.1) is 20.6 Å².